The van der Waals surface area contributed by atoms with Gasteiger partial charge in [-0.25, -0.2) is 9.97 Å². The summed E-state index contributed by atoms with van der Waals surface area (Å²) in [4.78, 5) is 9.29. The summed E-state index contributed by atoms with van der Waals surface area (Å²) < 4.78 is 12.1. The van der Waals surface area contributed by atoms with Crippen molar-refractivity contribution in [1.29, 1.82) is 0 Å². The predicted molar refractivity (Wildman–Crippen MR) is 129 cm³/mol. The summed E-state index contributed by atoms with van der Waals surface area (Å²) in [5.41, 5.74) is 8.16. The van der Waals surface area contributed by atoms with Crippen LogP contribution in [0.3, 0.4) is 0 Å². The molecule has 0 fully saturated rings. The number of nitrogens with zero attached hydrogens (tertiary/aromatic N) is 2. The Morgan fingerprint density at radius 3 is 1.36 bits per heavy atom. The van der Waals surface area contributed by atoms with E-state index in [1.165, 1.54) is 22.3 Å². The van der Waals surface area contributed by atoms with Gasteiger partial charge in [-0.2, -0.15) is 0 Å². The smallest absolute Gasteiger partial charge is 0.199 e. The fourth-order valence-electron chi connectivity index (χ4n) is 4.18. The van der Waals surface area contributed by atoms with E-state index in [-0.39, 0.29) is 0 Å². The molecule has 0 aliphatic carbocycles. The van der Waals surface area contributed by atoms with E-state index in [0.29, 0.717) is 12.8 Å². The SMILES string of the molecule is c1ccc(Cc2nc3ccc(Cc4ccc5nc(Cc6ccccc6)oc5c4)cc3o2)cc1. The summed E-state index contributed by atoms with van der Waals surface area (Å²) in [6.45, 7) is 0. The zero-order valence-electron chi connectivity index (χ0n) is 18.1. The molecule has 4 nitrogen and oxygen atoms in total. The van der Waals surface area contributed by atoms with Crippen molar-refractivity contribution in [2.45, 2.75) is 19.3 Å². The number of fused-ring (bicyclic) bond motifs is 2. The third kappa shape index (κ3) is 4.28. The Bertz CT molecular complexity index is 1410. The molecule has 0 saturated heterocycles. The molecule has 6 aromatic rings. The maximum atomic E-state index is 6.04. The third-order valence-electron chi connectivity index (χ3n) is 5.80. The number of aromatic nitrogens is 2. The van der Waals surface area contributed by atoms with Crippen LogP contribution >= 0.6 is 0 Å². The molecule has 2 aromatic heterocycles. The predicted octanol–water partition coefficient (Wildman–Crippen LogP) is 6.74. The highest BCUT2D eigenvalue weighted by Crippen LogP contribution is 2.24. The summed E-state index contributed by atoms with van der Waals surface area (Å²) >= 11 is 0. The Morgan fingerprint density at radius 1 is 0.455 bits per heavy atom. The first-order valence-electron chi connectivity index (χ1n) is 11.1. The Hall–Kier alpha value is -4.18. The maximum absolute atomic E-state index is 6.04. The summed E-state index contributed by atoms with van der Waals surface area (Å²) in [6.07, 6.45) is 2.17. The van der Waals surface area contributed by atoms with Gasteiger partial charge in [-0.3, -0.25) is 0 Å². The molecule has 4 aromatic carbocycles. The van der Waals surface area contributed by atoms with Gasteiger partial charge in [-0.05, 0) is 52.9 Å². The molecular formula is C29H22N2O2. The topological polar surface area (TPSA) is 52.1 Å². The maximum Gasteiger partial charge on any atom is 0.199 e. The minimum absolute atomic E-state index is 0.693. The van der Waals surface area contributed by atoms with Gasteiger partial charge in [0, 0.05) is 12.8 Å². The third-order valence-corrected chi connectivity index (χ3v) is 5.80. The second-order valence-corrected chi connectivity index (χ2v) is 8.32. The molecule has 2 heterocycles. The van der Waals surface area contributed by atoms with Crippen molar-refractivity contribution in [3.8, 4) is 0 Å². The van der Waals surface area contributed by atoms with Crippen molar-refractivity contribution >= 4 is 22.2 Å². The van der Waals surface area contributed by atoms with E-state index < -0.39 is 0 Å². The number of oxazole rings is 2. The summed E-state index contributed by atoms with van der Waals surface area (Å²) in [5, 5.41) is 0. The summed E-state index contributed by atoms with van der Waals surface area (Å²) in [5.74, 6) is 1.48. The van der Waals surface area contributed by atoms with Gasteiger partial charge in [-0.15, -0.1) is 0 Å². The van der Waals surface area contributed by atoms with Crippen molar-refractivity contribution in [3.05, 3.63) is 131 Å². The lowest BCUT2D eigenvalue weighted by molar-refractivity contribution is 0.543. The van der Waals surface area contributed by atoms with E-state index >= 15 is 0 Å². The molecule has 4 heteroatoms. The molecule has 0 saturated carbocycles. The Labute approximate surface area is 191 Å². The van der Waals surface area contributed by atoms with Crippen molar-refractivity contribution in [1.82, 2.24) is 9.97 Å². The largest absolute Gasteiger partial charge is 0.440 e. The van der Waals surface area contributed by atoms with Gasteiger partial charge in [0.05, 0.1) is 0 Å². The fourth-order valence-corrected chi connectivity index (χ4v) is 4.18. The molecule has 0 radical (unpaired) electrons. The first-order chi connectivity index (χ1) is 16.3. The van der Waals surface area contributed by atoms with Gasteiger partial charge in [0.25, 0.3) is 0 Å². The molecule has 0 aliphatic rings. The van der Waals surface area contributed by atoms with E-state index in [9.17, 15) is 0 Å². The molecule has 0 N–H and O–H groups in total. The first-order valence-corrected chi connectivity index (χ1v) is 11.1. The van der Waals surface area contributed by atoms with Crippen LogP contribution in [-0.4, -0.2) is 9.97 Å². The van der Waals surface area contributed by atoms with Gasteiger partial charge >= 0.3 is 0 Å². The minimum Gasteiger partial charge on any atom is -0.440 e. The highest BCUT2D eigenvalue weighted by molar-refractivity contribution is 5.75. The zero-order valence-corrected chi connectivity index (χ0v) is 18.1. The van der Waals surface area contributed by atoms with Crippen molar-refractivity contribution in [3.63, 3.8) is 0 Å². The van der Waals surface area contributed by atoms with Crippen LogP contribution in [-0.2, 0) is 19.3 Å². The number of hydrogen-bond acceptors (Lipinski definition) is 4. The van der Waals surface area contributed by atoms with Gasteiger partial charge in [-0.1, -0.05) is 72.8 Å². The highest BCUT2D eigenvalue weighted by atomic mass is 16.4. The second kappa shape index (κ2) is 8.40. The van der Waals surface area contributed by atoms with Crippen LogP contribution in [0.2, 0.25) is 0 Å². The molecule has 0 unspecified atom stereocenters. The molecule has 0 bridgehead atoms. The lowest BCUT2D eigenvalue weighted by Crippen LogP contribution is -1.88. The van der Waals surface area contributed by atoms with Crippen LogP contribution < -0.4 is 0 Å². The molecule has 160 valence electrons. The zero-order chi connectivity index (χ0) is 22.0. The highest BCUT2D eigenvalue weighted by Gasteiger charge is 2.10. The average molecular weight is 431 g/mol. The van der Waals surface area contributed by atoms with Crippen LogP contribution in [0.25, 0.3) is 22.2 Å². The Kier molecular flexibility index (Phi) is 4.96. The number of rotatable bonds is 6. The first kappa shape index (κ1) is 19.5. The van der Waals surface area contributed by atoms with Crippen LogP contribution in [0.15, 0.2) is 106 Å². The van der Waals surface area contributed by atoms with E-state index in [1.54, 1.807) is 0 Å². The van der Waals surface area contributed by atoms with E-state index in [1.807, 2.05) is 48.5 Å². The molecular weight excluding hydrogens is 408 g/mol. The van der Waals surface area contributed by atoms with Crippen LogP contribution in [0.5, 0.6) is 0 Å². The van der Waals surface area contributed by atoms with Gasteiger partial charge in [0.1, 0.15) is 11.0 Å². The van der Waals surface area contributed by atoms with E-state index in [0.717, 1.165) is 40.4 Å². The summed E-state index contributed by atoms with van der Waals surface area (Å²) in [7, 11) is 0. The van der Waals surface area contributed by atoms with Crippen LogP contribution in [0.4, 0.5) is 0 Å². The standard InChI is InChI=1S/C29H22N2O2/c1-3-7-20(8-4-1)18-28-30-24-13-11-22(16-26(24)32-28)15-23-12-14-25-27(17-23)33-29(31-25)19-21-9-5-2-6-10-21/h1-14,16-17H,15,18-19H2. The average Bonchev–Trinajstić information content (AvgIpc) is 3.42. The molecule has 33 heavy (non-hydrogen) atoms. The fraction of sp³-hybridized carbons (Fsp3) is 0.103. The van der Waals surface area contributed by atoms with Gasteiger partial charge < -0.3 is 8.83 Å². The van der Waals surface area contributed by atoms with E-state index in [2.05, 4.69) is 58.5 Å². The van der Waals surface area contributed by atoms with Crippen molar-refractivity contribution in [2.75, 3.05) is 0 Å². The van der Waals surface area contributed by atoms with Crippen LogP contribution in [0.1, 0.15) is 34.0 Å². The normalized spacial score (nSPS) is 11.4. The molecule has 0 amide bonds. The van der Waals surface area contributed by atoms with Crippen molar-refractivity contribution in [2.24, 2.45) is 0 Å². The molecule has 0 aliphatic heterocycles. The van der Waals surface area contributed by atoms with Gasteiger partial charge in [0.15, 0.2) is 22.9 Å². The second-order valence-electron chi connectivity index (χ2n) is 8.32. The quantitative estimate of drug-likeness (QED) is 0.294. The molecule has 0 spiro atoms. The number of hydrogen-bond donors (Lipinski definition) is 0. The van der Waals surface area contributed by atoms with Crippen LogP contribution in [0, 0.1) is 0 Å². The molecule has 6 rings (SSSR count). The number of benzene rings is 4. The Morgan fingerprint density at radius 2 is 0.909 bits per heavy atom. The minimum atomic E-state index is 0.693. The lowest BCUT2D eigenvalue weighted by Gasteiger charge is -2.01. The molecule has 0 atom stereocenters. The Balaban J connectivity index is 1.21. The van der Waals surface area contributed by atoms with Gasteiger partial charge in [0.2, 0.25) is 0 Å². The monoisotopic (exact) mass is 430 g/mol. The van der Waals surface area contributed by atoms with Crippen molar-refractivity contribution < 1.29 is 8.83 Å². The lowest BCUT2D eigenvalue weighted by atomic mass is 10.0. The van der Waals surface area contributed by atoms with E-state index in [4.69, 9.17) is 8.83 Å². The summed E-state index contributed by atoms with van der Waals surface area (Å²) in [6, 6.07) is 33.0.